The lowest BCUT2D eigenvalue weighted by Crippen LogP contribution is -2.20. The number of alkyl halides is 2. The topological polar surface area (TPSA) is 0 Å². The third kappa shape index (κ3) is 8.28. The van der Waals surface area contributed by atoms with Gasteiger partial charge in [-0.1, -0.05) is 78.8 Å². The third-order valence-corrected chi connectivity index (χ3v) is 4.19. The Morgan fingerprint density at radius 3 is 2.21 bits per heavy atom. The summed E-state index contributed by atoms with van der Waals surface area (Å²) in [7, 11) is 0. The minimum atomic E-state index is 0.281. The Hall–Kier alpha value is 0.960. The maximum Gasteiger partial charge on any atom is 0.0204 e. The molecule has 0 saturated heterocycles. The van der Waals surface area contributed by atoms with Crippen molar-refractivity contribution in [1.29, 1.82) is 0 Å². The van der Waals surface area contributed by atoms with Gasteiger partial charge in [-0.3, -0.25) is 0 Å². The van der Waals surface area contributed by atoms with Gasteiger partial charge in [-0.2, -0.15) is 0 Å². The second kappa shape index (κ2) is 7.27. The summed E-state index contributed by atoms with van der Waals surface area (Å²) in [6.07, 6.45) is 6.59. The van der Waals surface area contributed by atoms with Crippen LogP contribution in [0, 0.1) is 5.92 Å². The number of hydrogen-bond donors (Lipinski definition) is 0. The van der Waals surface area contributed by atoms with E-state index in [0.29, 0.717) is 4.83 Å². The average molecular weight is 328 g/mol. The summed E-state index contributed by atoms with van der Waals surface area (Å²) in [5, 5.41) is 0. The van der Waals surface area contributed by atoms with Crippen LogP contribution in [-0.4, -0.2) is 9.15 Å². The first-order valence-corrected chi connectivity index (χ1v) is 7.40. The number of unbranched alkanes of at least 4 members (excludes halogenated alkanes) is 2. The Balaban J connectivity index is 3.70. The zero-order chi connectivity index (χ0) is 11.2. The maximum absolute atomic E-state index is 3.81. The third-order valence-electron chi connectivity index (χ3n) is 2.51. The molecule has 2 atom stereocenters. The molecule has 0 aromatic rings. The Bertz CT molecular complexity index is 138. The van der Waals surface area contributed by atoms with Crippen molar-refractivity contribution < 1.29 is 0 Å². The molecule has 0 aromatic heterocycles. The first kappa shape index (κ1) is 15.0. The molecule has 14 heavy (non-hydrogen) atoms. The van der Waals surface area contributed by atoms with Crippen molar-refractivity contribution >= 4 is 31.9 Å². The van der Waals surface area contributed by atoms with Gasteiger partial charge in [0.15, 0.2) is 0 Å². The van der Waals surface area contributed by atoms with E-state index in [4.69, 9.17) is 0 Å². The molecule has 0 rings (SSSR count). The van der Waals surface area contributed by atoms with E-state index < -0.39 is 0 Å². The lowest BCUT2D eigenvalue weighted by Gasteiger charge is -2.25. The number of hydrogen-bond acceptors (Lipinski definition) is 0. The molecule has 0 amide bonds. The van der Waals surface area contributed by atoms with Crippen molar-refractivity contribution in [2.45, 2.75) is 69.0 Å². The molecule has 86 valence electrons. The van der Waals surface area contributed by atoms with Crippen LogP contribution in [-0.2, 0) is 0 Å². The van der Waals surface area contributed by atoms with Crippen LogP contribution in [0.2, 0.25) is 0 Å². The lowest BCUT2D eigenvalue weighted by atomic mass is 9.93. The molecule has 0 saturated carbocycles. The fraction of sp³-hybridized carbons (Fsp3) is 1.00. The Morgan fingerprint density at radius 1 is 1.21 bits per heavy atom. The smallest absolute Gasteiger partial charge is 0.0204 e. The summed E-state index contributed by atoms with van der Waals surface area (Å²) in [4.78, 5) is 0.686. The van der Waals surface area contributed by atoms with Gasteiger partial charge < -0.3 is 0 Å². The molecule has 0 nitrogen and oxygen atoms in total. The molecule has 0 bridgehead atoms. The molecule has 2 heteroatoms. The average Bonchev–Trinajstić information content (AvgIpc) is 2.01. The van der Waals surface area contributed by atoms with Crippen molar-refractivity contribution in [3.05, 3.63) is 0 Å². The number of halogens is 2. The lowest BCUT2D eigenvalue weighted by molar-refractivity contribution is 0.439. The van der Waals surface area contributed by atoms with Crippen molar-refractivity contribution in [2.24, 2.45) is 5.92 Å². The summed E-state index contributed by atoms with van der Waals surface area (Å²) in [6.45, 7) is 9.09. The quantitative estimate of drug-likeness (QED) is 0.426. The first-order valence-electron chi connectivity index (χ1n) is 5.70. The molecule has 0 heterocycles. The summed E-state index contributed by atoms with van der Waals surface area (Å²) in [5.41, 5.74) is 0. The van der Waals surface area contributed by atoms with Crippen molar-refractivity contribution in [3.8, 4) is 0 Å². The highest BCUT2D eigenvalue weighted by Crippen LogP contribution is 2.31. The minimum absolute atomic E-state index is 0.281. The molecule has 0 aliphatic carbocycles. The molecule has 0 fully saturated rings. The molecule has 0 aromatic carbocycles. The van der Waals surface area contributed by atoms with E-state index in [1.54, 1.807) is 0 Å². The summed E-state index contributed by atoms with van der Waals surface area (Å²) >= 11 is 7.51. The normalized spacial score (nSPS) is 16.7. The fourth-order valence-electron chi connectivity index (χ4n) is 1.77. The van der Waals surface area contributed by atoms with Crippen LogP contribution >= 0.6 is 31.9 Å². The highest BCUT2D eigenvalue weighted by Gasteiger charge is 2.21. The minimum Gasteiger partial charge on any atom is -0.0888 e. The van der Waals surface area contributed by atoms with Crippen LogP contribution < -0.4 is 0 Å². The highest BCUT2D eigenvalue weighted by atomic mass is 79.9. The van der Waals surface area contributed by atoms with Crippen molar-refractivity contribution in [3.63, 3.8) is 0 Å². The van der Waals surface area contributed by atoms with Crippen LogP contribution in [0.15, 0.2) is 0 Å². The van der Waals surface area contributed by atoms with Gasteiger partial charge in [0.1, 0.15) is 0 Å². The Morgan fingerprint density at radius 2 is 1.79 bits per heavy atom. The van der Waals surface area contributed by atoms with Crippen molar-refractivity contribution in [2.75, 3.05) is 0 Å². The maximum atomic E-state index is 3.81. The van der Waals surface area contributed by atoms with Crippen LogP contribution in [0.5, 0.6) is 0 Å². The molecule has 0 aliphatic heterocycles. The van der Waals surface area contributed by atoms with E-state index in [2.05, 4.69) is 59.6 Å². The molecule has 0 radical (unpaired) electrons. The van der Waals surface area contributed by atoms with E-state index >= 15 is 0 Å². The van der Waals surface area contributed by atoms with Crippen LogP contribution in [0.1, 0.15) is 59.8 Å². The van der Waals surface area contributed by atoms with Gasteiger partial charge in [-0.15, -0.1) is 0 Å². The van der Waals surface area contributed by atoms with E-state index in [-0.39, 0.29) is 4.32 Å². The molecular formula is C12H24Br2. The van der Waals surface area contributed by atoms with Crippen molar-refractivity contribution in [1.82, 2.24) is 0 Å². The highest BCUT2D eigenvalue weighted by molar-refractivity contribution is 9.10. The van der Waals surface area contributed by atoms with E-state index in [9.17, 15) is 0 Å². The second-order valence-corrected chi connectivity index (χ2v) is 8.23. The molecule has 2 unspecified atom stereocenters. The van der Waals surface area contributed by atoms with Crippen LogP contribution in [0.4, 0.5) is 0 Å². The zero-order valence-electron chi connectivity index (χ0n) is 9.95. The van der Waals surface area contributed by atoms with E-state index in [0.717, 1.165) is 5.92 Å². The second-order valence-electron chi connectivity index (χ2n) is 4.91. The van der Waals surface area contributed by atoms with Gasteiger partial charge in [0, 0.05) is 9.15 Å². The van der Waals surface area contributed by atoms with E-state index in [1.165, 1.54) is 32.1 Å². The summed E-state index contributed by atoms with van der Waals surface area (Å²) < 4.78 is 0.281. The SMILES string of the molecule is CCCCCC(Br)C(C)CC(C)(C)Br. The Kier molecular flexibility index (Phi) is 7.77. The van der Waals surface area contributed by atoms with Gasteiger partial charge in [-0.05, 0) is 18.8 Å². The predicted molar refractivity (Wildman–Crippen MR) is 73.6 cm³/mol. The molecule has 0 N–H and O–H groups in total. The summed E-state index contributed by atoms with van der Waals surface area (Å²) in [6, 6.07) is 0. The van der Waals surface area contributed by atoms with Gasteiger partial charge >= 0.3 is 0 Å². The summed E-state index contributed by atoms with van der Waals surface area (Å²) in [5.74, 6) is 0.751. The molecular weight excluding hydrogens is 304 g/mol. The van der Waals surface area contributed by atoms with Gasteiger partial charge in [0.2, 0.25) is 0 Å². The number of rotatable bonds is 7. The largest absolute Gasteiger partial charge is 0.0888 e. The first-order chi connectivity index (χ1) is 6.37. The van der Waals surface area contributed by atoms with Gasteiger partial charge in [-0.25, -0.2) is 0 Å². The molecule has 0 aliphatic rings. The van der Waals surface area contributed by atoms with E-state index in [1.807, 2.05) is 0 Å². The zero-order valence-corrected chi connectivity index (χ0v) is 13.1. The molecule has 0 spiro atoms. The standard InChI is InChI=1S/C12H24Br2/c1-5-6-7-8-11(13)10(2)9-12(3,4)14/h10-11H,5-9H2,1-4H3. The fourth-order valence-corrected chi connectivity index (χ4v) is 2.79. The van der Waals surface area contributed by atoms with Gasteiger partial charge in [0.25, 0.3) is 0 Å². The predicted octanol–water partition coefficient (Wildman–Crippen LogP) is 5.53. The Labute approximate surface area is 106 Å². The monoisotopic (exact) mass is 326 g/mol. The van der Waals surface area contributed by atoms with Crippen LogP contribution in [0.25, 0.3) is 0 Å². The van der Waals surface area contributed by atoms with Crippen LogP contribution in [0.3, 0.4) is 0 Å². The van der Waals surface area contributed by atoms with Gasteiger partial charge in [0.05, 0.1) is 0 Å².